The van der Waals surface area contributed by atoms with Crippen LogP contribution in [0.15, 0.2) is 18.5 Å². The van der Waals surface area contributed by atoms with Gasteiger partial charge in [0.1, 0.15) is 4.90 Å². The molecule has 0 saturated heterocycles. The van der Waals surface area contributed by atoms with Gasteiger partial charge < -0.3 is 5.11 Å². The summed E-state index contributed by atoms with van der Waals surface area (Å²) in [6.07, 6.45) is 0.176. The van der Waals surface area contributed by atoms with Crippen LogP contribution >= 0.6 is 43.2 Å². The van der Waals surface area contributed by atoms with E-state index in [2.05, 4.69) is 36.6 Å². The second kappa shape index (κ2) is 6.47. The first-order chi connectivity index (χ1) is 8.22. The van der Waals surface area contributed by atoms with Crippen molar-refractivity contribution in [2.45, 2.75) is 30.7 Å². The predicted octanol–water partition coefficient (Wildman–Crippen LogP) is 2.80. The summed E-state index contributed by atoms with van der Waals surface area (Å²) in [5.41, 5.74) is 0. The number of hydrogen-bond donors (Lipinski definition) is 2. The minimum atomic E-state index is -3.63. The van der Waals surface area contributed by atoms with E-state index < -0.39 is 22.0 Å². The Morgan fingerprint density at radius 1 is 1.56 bits per heavy atom. The normalized spacial score (nSPS) is 13.5. The highest BCUT2D eigenvalue weighted by Gasteiger charge is 2.22. The maximum atomic E-state index is 12.0. The standard InChI is InChI=1S/C9H11Br2NO4S2/c1-5(2-3-8(13)14)12-18(15,16)6-4-7(10)17-9(6)11/h4-5,12H,2-3H2,1H3,(H,13,14). The highest BCUT2D eigenvalue weighted by atomic mass is 79.9. The molecule has 1 aromatic rings. The molecule has 1 heterocycles. The van der Waals surface area contributed by atoms with Crippen molar-refractivity contribution in [1.29, 1.82) is 0 Å². The van der Waals surface area contributed by atoms with Crippen molar-refractivity contribution in [2.24, 2.45) is 0 Å². The molecule has 0 saturated carbocycles. The maximum Gasteiger partial charge on any atom is 0.303 e. The first-order valence-corrected chi connectivity index (χ1v) is 8.80. The van der Waals surface area contributed by atoms with Gasteiger partial charge in [-0.3, -0.25) is 4.79 Å². The molecular weight excluding hydrogens is 410 g/mol. The quantitative estimate of drug-likeness (QED) is 0.741. The first kappa shape index (κ1) is 16.1. The Morgan fingerprint density at radius 3 is 2.61 bits per heavy atom. The number of halogens is 2. The van der Waals surface area contributed by atoms with Crippen LogP contribution in [0.1, 0.15) is 19.8 Å². The molecule has 0 radical (unpaired) electrons. The fourth-order valence-corrected chi connectivity index (χ4v) is 6.33. The average molecular weight is 421 g/mol. The van der Waals surface area contributed by atoms with Crippen molar-refractivity contribution in [3.63, 3.8) is 0 Å². The summed E-state index contributed by atoms with van der Waals surface area (Å²) in [5, 5.41) is 8.54. The summed E-state index contributed by atoms with van der Waals surface area (Å²) in [5.74, 6) is -0.944. The molecule has 0 aromatic carbocycles. The molecule has 1 aromatic heterocycles. The molecule has 0 aliphatic heterocycles. The lowest BCUT2D eigenvalue weighted by molar-refractivity contribution is -0.137. The number of carboxylic acids is 1. The molecule has 18 heavy (non-hydrogen) atoms. The highest BCUT2D eigenvalue weighted by molar-refractivity contribution is 9.12. The van der Waals surface area contributed by atoms with Gasteiger partial charge in [-0.05, 0) is 51.3 Å². The Bertz CT molecular complexity index is 541. The van der Waals surface area contributed by atoms with E-state index in [1.54, 1.807) is 6.92 Å². The van der Waals surface area contributed by atoms with Crippen molar-refractivity contribution in [3.8, 4) is 0 Å². The van der Waals surface area contributed by atoms with Crippen LogP contribution < -0.4 is 4.72 Å². The van der Waals surface area contributed by atoms with Crippen LogP contribution in [0.2, 0.25) is 0 Å². The molecule has 1 rings (SSSR count). The smallest absolute Gasteiger partial charge is 0.303 e. The van der Waals surface area contributed by atoms with Crippen molar-refractivity contribution in [3.05, 3.63) is 13.6 Å². The lowest BCUT2D eigenvalue weighted by Gasteiger charge is -2.12. The molecule has 0 fully saturated rings. The summed E-state index contributed by atoms with van der Waals surface area (Å²) in [6, 6.07) is 1.07. The topological polar surface area (TPSA) is 83.5 Å². The van der Waals surface area contributed by atoms with Gasteiger partial charge in [0, 0.05) is 12.5 Å². The van der Waals surface area contributed by atoms with Gasteiger partial charge in [-0.25, -0.2) is 13.1 Å². The SMILES string of the molecule is CC(CCC(=O)O)NS(=O)(=O)c1cc(Br)sc1Br. The van der Waals surface area contributed by atoms with Gasteiger partial charge >= 0.3 is 5.97 Å². The maximum absolute atomic E-state index is 12.0. The summed E-state index contributed by atoms with van der Waals surface area (Å²) >= 11 is 7.65. The van der Waals surface area contributed by atoms with E-state index in [4.69, 9.17) is 5.11 Å². The number of thiophene rings is 1. The highest BCUT2D eigenvalue weighted by Crippen LogP contribution is 2.34. The van der Waals surface area contributed by atoms with Crippen molar-refractivity contribution >= 4 is 59.2 Å². The Morgan fingerprint density at radius 2 is 2.17 bits per heavy atom. The van der Waals surface area contributed by atoms with E-state index in [9.17, 15) is 13.2 Å². The van der Waals surface area contributed by atoms with Gasteiger partial charge in [0.25, 0.3) is 0 Å². The number of nitrogens with one attached hydrogen (secondary N) is 1. The van der Waals surface area contributed by atoms with Crippen LogP contribution in [-0.2, 0) is 14.8 Å². The van der Waals surface area contributed by atoms with Crippen LogP contribution in [0.4, 0.5) is 0 Å². The van der Waals surface area contributed by atoms with Gasteiger partial charge in [0.15, 0.2) is 0 Å². The molecule has 0 aliphatic carbocycles. The zero-order valence-corrected chi connectivity index (χ0v) is 14.1. The molecule has 9 heteroatoms. The molecule has 2 N–H and O–H groups in total. The monoisotopic (exact) mass is 419 g/mol. The molecule has 0 bridgehead atoms. The lowest BCUT2D eigenvalue weighted by Crippen LogP contribution is -2.32. The molecule has 0 aliphatic rings. The number of sulfonamides is 1. The largest absolute Gasteiger partial charge is 0.481 e. The van der Waals surface area contributed by atoms with Crippen LogP contribution in [0, 0.1) is 0 Å². The Labute approximate surface area is 126 Å². The third-order valence-electron chi connectivity index (χ3n) is 2.06. The van der Waals surface area contributed by atoms with E-state index >= 15 is 0 Å². The van der Waals surface area contributed by atoms with Crippen LogP contribution in [0.3, 0.4) is 0 Å². The lowest BCUT2D eigenvalue weighted by atomic mass is 10.2. The van der Waals surface area contributed by atoms with E-state index in [0.29, 0.717) is 7.57 Å². The Balaban J connectivity index is 2.76. The number of hydrogen-bond acceptors (Lipinski definition) is 4. The van der Waals surface area contributed by atoms with Crippen LogP contribution in [-0.4, -0.2) is 25.5 Å². The van der Waals surface area contributed by atoms with Crippen LogP contribution in [0.25, 0.3) is 0 Å². The van der Waals surface area contributed by atoms with E-state index in [-0.39, 0.29) is 17.7 Å². The molecule has 1 atom stereocenters. The molecular formula is C9H11Br2NO4S2. The summed E-state index contributed by atoms with van der Waals surface area (Å²) in [6.45, 7) is 1.63. The Kier molecular flexibility index (Phi) is 5.78. The van der Waals surface area contributed by atoms with Crippen molar-refractivity contribution in [1.82, 2.24) is 4.72 Å². The van der Waals surface area contributed by atoms with Gasteiger partial charge in [-0.2, -0.15) is 0 Å². The molecule has 5 nitrogen and oxygen atoms in total. The predicted molar refractivity (Wildman–Crippen MR) is 76.4 cm³/mol. The van der Waals surface area contributed by atoms with Gasteiger partial charge in [0.2, 0.25) is 10.0 Å². The third kappa shape index (κ3) is 4.61. The third-order valence-corrected chi connectivity index (χ3v) is 6.41. The minimum Gasteiger partial charge on any atom is -0.481 e. The fraction of sp³-hybridized carbons (Fsp3) is 0.444. The van der Waals surface area contributed by atoms with Crippen LogP contribution in [0.5, 0.6) is 0 Å². The number of aliphatic carboxylic acids is 1. The van der Waals surface area contributed by atoms with E-state index in [1.165, 1.54) is 17.4 Å². The number of rotatable bonds is 6. The minimum absolute atomic E-state index is 0.0712. The Hall–Kier alpha value is 0.0400. The van der Waals surface area contributed by atoms with Crippen molar-refractivity contribution in [2.75, 3.05) is 0 Å². The molecule has 0 amide bonds. The van der Waals surface area contributed by atoms with Gasteiger partial charge in [0.05, 0.1) is 7.57 Å². The fourth-order valence-electron chi connectivity index (χ4n) is 1.24. The van der Waals surface area contributed by atoms with E-state index in [1.807, 2.05) is 0 Å². The van der Waals surface area contributed by atoms with Gasteiger partial charge in [-0.1, -0.05) is 0 Å². The molecule has 102 valence electrons. The summed E-state index contributed by atoms with van der Waals surface area (Å²) in [4.78, 5) is 10.6. The van der Waals surface area contributed by atoms with Crippen molar-refractivity contribution < 1.29 is 18.3 Å². The first-order valence-electron chi connectivity index (χ1n) is 4.91. The molecule has 0 spiro atoms. The van der Waals surface area contributed by atoms with E-state index in [0.717, 1.165) is 0 Å². The average Bonchev–Trinajstić information content (AvgIpc) is 2.55. The zero-order chi connectivity index (χ0) is 13.9. The zero-order valence-electron chi connectivity index (χ0n) is 9.31. The number of carboxylic acid groups (broad SMARTS) is 1. The van der Waals surface area contributed by atoms with Gasteiger partial charge in [-0.15, -0.1) is 11.3 Å². The summed E-state index contributed by atoms with van der Waals surface area (Å²) in [7, 11) is -3.63. The molecule has 1 unspecified atom stereocenters. The number of carbonyl (C=O) groups is 1. The second-order valence-electron chi connectivity index (χ2n) is 3.64. The summed E-state index contributed by atoms with van der Waals surface area (Å²) < 4.78 is 27.7. The second-order valence-corrected chi connectivity index (χ2v) is 9.07.